The van der Waals surface area contributed by atoms with Gasteiger partial charge in [-0.05, 0) is 48.5 Å². The molecular weight excluding hydrogens is 498 g/mol. The van der Waals surface area contributed by atoms with Gasteiger partial charge in [0.2, 0.25) is 0 Å². The lowest BCUT2D eigenvalue weighted by Crippen LogP contribution is -1.90. The van der Waals surface area contributed by atoms with E-state index in [-0.39, 0.29) is 0 Å². The topological polar surface area (TPSA) is 13.2 Å². The highest BCUT2D eigenvalue weighted by molar-refractivity contribution is 6.25. The number of terminal acetylenes is 1. The van der Waals surface area contributed by atoms with Crippen molar-refractivity contribution in [3.63, 3.8) is 0 Å². The fourth-order valence-electron chi connectivity index (χ4n) is 7.41. The van der Waals surface area contributed by atoms with Crippen LogP contribution in [0.1, 0.15) is 5.56 Å². The van der Waals surface area contributed by atoms with Gasteiger partial charge in [0.05, 0.1) is 49.7 Å². The summed E-state index contributed by atoms with van der Waals surface area (Å²) in [4.78, 5) is 0. The highest BCUT2D eigenvalue weighted by atomic mass is 15.0. The Bertz CT molecular complexity index is 2810. The lowest BCUT2D eigenvalue weighted by molar-refractivity contribution is 1.30. The normalized spacial score (nSPS) is 12.4. The van der Waals surface area contributed by atoms with Crippen LogP contribution in [-0.2, 0) is 0 Å². The third-order valence-corrected chi connectivity index (χ3v) is 9.01. The van der Waals surface area contributed by atoms with Crippen molar-refractivity contribution < 1.29 is 0 Å². The maximum Gasteiger partial charge on any atom is 0.0789 e. The Kier molecular flexibility index (Phi) is 3.75. The van der Waals surface area contributed by atoms with Gasteiger partial charge in [0.1, 0.15) is 0 Å². The fraction of sp³-hybridized carbons (Fsp3) is 0. The summed E-state index contributed by atoms with van der Waals surface area (Å²) in [5.41, 5.74) is 11.5. The van der Waals surface area contributed by atoms with Crippen LogP contribution in [0, 0.1) is 12.3 Å². The first-order valence-corrected chi connectivity index (χ1v) is 13.9. The van der Waals surface area contributed by atoms with Crippen LogP contribution in [0.4, 0.5) is 0 Å². The molecule has 0 bridgehead atoms. The average Bonchev–Trinajstić information content (AvgIpc) is 3.67. The average molecular weight is 520 g/mol. The molecule has 0 aliphatic carbocycles. The summed E-state index contributed by atoms with van der Waals surface area (Å²) in [6.07, 6.45) is 5.90. The van der Waals surface area contributed by atoms with Crippen LogP contribution in [0.15, 0.2) is 121 Å². The molecule has 188 valence electrons. The molecule has 0 radical (unpaired) electrons. The summed E-state index contributed by atoms with van der Waals surface area (Å²) >= 11 is 0. The second-order valence-electron chi connectivity index (χ2n) is 10.9. The predicted octanol–water partition coefficient (Wildman–Crippen LogP) is 9.35. The number of aromatic nitrogens is 3. The Labute approximate surface area is 234 Å². The van der Waals surface area contributed by atoms with Gasteiger partial charge in [-0.2, -0.15) is 0 Å². The maximum atomic E-state index is 5.90. The van der Waals surface area contributed by atoms with Gasteiger partial charge in [0.15, 0.2) is 0 Å². The van der Waals surface area contributed by atoms with Crippen LogP contribution in [0.25, 0.3) is 82.0 Å². The molecular formula is C38H21N3. The molecule has 0 N–H and O–H groups in total. The minimum absolute atomic E-state index is 0.891. The molecule has 0 amide bonds. The molecule has 3 heteroatoms. The van der Waals surface area contributed by atoms with E-state index in [1.807, 2.05) is 0 Å². The summed E-state index contributed by atoms with van der Waals surface area (Å²) in [6, 6.07) is 44.1. The van der Waals surface area contributed by atoms with E-state index in [1.165, 1.54) is 59.9 Å². The van der Waals surface area contributed by atoms with Crippen molar-refractivity contribution in [1.82, 2.24) is 13.2 Å². The highest BCUT2D eigenvalue weighted by Gasteiger charge is 2.21. The standard InChI is InChI=1S/C38H21N3/c1-2-23-18-21-32-29(22-23)28-20-19-27-25-11-4-6-14-31(25)40-34-16-8-7-15-33(34)39-30-13-5-3-10-24(30)26-12-9-17-35(36(26)39)41(32)38(28)37(27)40/h1,3-22H. The largest absolute Gasteiger partial charge is 0.305 e. The summed E-state index contributed by atoms with van der Waals surface area (Å²) in [7, 11) is 0. The van der Waals surface area contributed by atoms with E-state index in [4.69, 9.17) is 6.42 Å². The first-order chi connectivity index (χ1) is 20.3. The summed E-state index contributed by atoms with van der Waals surface area (Å²) in [6.45, 7) is 0. The zero-order chi connectivity index (χ0) is 26.8. The fourth-order valence-corrected chi connectivity index (χ4v) is 7.41. The quantitative estimate of drug-likeness (QED) is 0.177. The van der Waals surface area contributed by atoms with E-state index >= 15 is 0 Å². The molecule has 3 nitrogen and oxygen atoms in total. The van der Waals surface area contributed by atoms with Crippen LogP contribution in [0.3, 0.4) is 0 Å². The molecule has 4 heterocycles. The molecule has 0 aliphatic rings. The van der Waals surface area contributed by atoms with Crippen molar-refractivity contribution in [3.05, 3.63) is 127 Å². The third kappa shape index (κ3) is 2.43. The molecule has 4 aromatic heterocycles. The number of hydrogen-bond donors (Lipinski definition) is 0. The Morgan fingerprint density at radius 2 is 0.829 bits per heavy atom. The Morgan fingerprint density at radius 3 is 1.49 bits per heavy atom. The molecule has 0 saturated heterocycles. The van der Waals surface area contributed by atoms with E-state index in [1.54, 1.807) is 0 Å². The monoisotopic (exact) mass is 519 g/mol. The van der Waals surface area contributed by atoms with Crippen LogP contribution < -0.4 is 0 Å². The minimum atomic E-state index is 0.891. The van der Waals surface area contributed by atoms with E-state index in [9.17, 15) is 0 Å². The van der Waals surface area contributed by atoms with E-state index in [0.717, 1.165) is 27.6 Å². The molecule has 0 spiro atoms. The number of hydrogen-bond acceptors (Lipinski definition) is 0. The number of para-hydroxylation sites is 5. The van der Waals surface area contributed by atoms with Gasteiger partial charge in [-0.15, -0.1) is 6.42 Å². The van der Waals surface area contributed by atoms with Crippen molar-refractivity contribution in [2.24, 2.45) is 0 Å². The zero-order valence-electron chi connectivity index (χ0n) is 22.0. The van der Waals surface area contributed by atoms with Gasteiger partial charge in [0.25, 0.3) is 0 Å². The summed E-state index contributed by atoms with van der Waals surface area (Å²) < 4.78 is 7.42. The smallest absolute Gasteiger partial charge is 0.0789 e. The Hall–Kier alpha value is -5.72. The number of nitrogens with zero attached hydrogens (tertiary/aromatic N) is 3. The van der Waals surface area contributed by atoms with Crippen molar-refractivity contribution in [3.8, 4) is 12.3 Å². The first kappa shape index (κ1) is 21.1. The van der Waals surface area contributed by atoms with Gasteiger partial charge < -0.3 is 13.2 Å². The SMILES string of the molecule is C#Cc1ccc2c(c1)c1ccc3c4ccccc4n4c5ccccc5n5c6ccccc6c6cccc(c65)n2c1c34. The molecule has 41 heavy (non-hydrogen) atoms. The molecule has 10 aromatic rings. The molecule has 0 unspecified atom stereocenters. The van der Waals surface area contributed by atoms with Crippen LogP contribution >= 0.6 is 0 Å². The third-order valence-electron chi connectivity index (χ3n) is 9.01. The number of benzene rings is 6. The summed E-state index contributed by atoms with van der Waals surface area (Å²) in [5, 5.41) is 7.35. The van der Waals surface area contributed by atoms with Crippen molar-refractivity contribution >= 4 is 82.0 Å². The van der Waals surface area contributed by atoms with Gasteiger partial charge in [-0.3, -0.25) is 0 Å². The molecule has 0 atom stereocenters. The van der Waals surface area contributed by atoms with Crippen LogP contribution in [0.2, 0.25) is 0 Å². The zero-order valence-corrected chi connectivity index (χ0v) is 22.0. The van der Waals surface area contributed by atoms with E-state index < -0.39 is 0 Å². The second-order valence-corrected chi connectivity index (χ2v) is 10.9. The molecule has 0 fully saturated rings. The van der Waals surface area contributed by atoms with Gasteiger partial charge >= 0.3 is 0 Å². The van der Waals surface area contributed by atoms with Crippen molar-refractivity contribution in [1.29, 1.82) is 0 Å². The molecule has 6 aromatic carbocycles. The Balaban J connectivity index is 1.74. The van der Waals surface area contributed by atoms with E-state index in [2.05, 4.69) is 140 Å². The lowest BCUT2D eigenvalue weighted by atomic mass is 10.1. The minimum Gasteiger partial charge on any atom is -0.305 e. The van der Waals surface area contributed by atoms with Gasteiger partial charge in [-0.1, -0.05) is 78.7 Å². The van der Waals surface area contributed by atoms with Crippen molar-refractivity contribution in [2.75, 3.05) is 0 Å². The second kappa shape index (κ2) is 7.27. The van der Waals surface area contributed by atoms with Gasteiger partial charge in [0, 0.05) is 37.9 Å². The van der Waals surface area contributed by atoms with E-state index in [0.29, 0.717) is 0 Å². The Morgan fingerprint density at radius 1 is 0.366 bits per heavy atom. The summed E-state index contributed by atoms with van der Waals surface area (Å²) in [5.74, 6) is 2.86. The van der Waals surface area contributed by atoms with Crippen molar-refractivity contribution in [2.45, 2.75) is 0 Å². The molecule has 0 saturated carbocycles. The predicted molar refractivity (Wildman–Crippen MR) is 172 cm³/mol. The highest BCUT2D eigenvalue weighted by Crippen LogP contribution is 2.42. The van der Waals surface area contributed by atoms with Crippen LogP contribution in [0.5, 0.6) is 0 Å². The maximum absolute atomic E-state index is 5.90. The molecule has 10 rings (SSSR count). The molecule has 0 aliphatic heterocycles. The van der Waals surface area contributed by atoms with Gasteiger partial charge in [-0.25, -0.2) is 0 Å². The number of rotatable bonds is 0. The number of fused-ring (bicyclic) bond motifs is 13. The van der Waals surface area contributed by atoms with Crippen LogP contribution in [-0.4, -0.2) is 13.2 Å². The first-order valence-electron chi connectivity index (χ1n) is 13.9. The lowest BCUT2D eigenvalue weighted by Gasteiger charge is -2.05.